The van der Waals surface area contributed by atoms with Gasteiger partial charge < -0.3 is 5.32 Å². The van der Waals surface area contributed by atoms with Gasteiger partial charge in [-0.1, -0.05) is 6.92 Å². The SMILES string of the molecule is CC1C[C@@H](F)CC12CCNCC2. The van der Waals surface area contributed by atoms with Crippen LogP contribution in [0.1, 0.15) is 32.6 Å². The van der Waals surface area contributed by atoms with E-state index >= 15 is 0 Å². The van der Waals surface area contributed by atoms with Gasteiger partial charge in [-0.3, -0.25) is 0 Å². The number of halogens is 1. The van der Waals surface area contributed by atoms with Crippen molar-refractivity contribution in [3.05, 3.63) is 0 Å². The molecule has 2 atom stereocenters. The quantitative estimate of drug-likeness (QED) is 0.588. The van der Waals surface area contributed by atoms with Gasteiger partial charge in [0.2, 0.25) is 0 Å². The molecule has 70 valence electrons. The Kier molecular flexibility index (Phi) is 2.11. The van der Waals surface area contributed by atoms with Crippen molar-refractivity contribution in [3.63, 3.8) is 0 Å². The van der Waals surface area contributed by atoms with E-state index in [2.05, 4.69) is 12.2 Å². The molecule has 0 amide bonds. The van der Waals surface area contributed by atoms with Crippen LogP contribution in [-0.4, -0.2) is 19.3 Å². The van der Waals surface area contributed by atoms with Crippen LogP contribution in [0, 0.1) is 11.3 Å². The van der Waals surface area contributed by atoms with E-state index in [0.717, 1.165) is 25.9 Å². The summed E-state index contributed by atoms with van der Waals surface area (Å²) in [6.07, 6.45) is 3.50. The summed E-state index contributed by atoms with van der Waals surface area (Å²) in [7, 11) is 0. The Balaban J connectivity index is 2.08. The lowest BCUT2D eigenvalue weighted by Crippen LogP contribution is -2.38. The molecule has 1 spiro atoms. The second-order valence-corrected chi connectivity index (χ2v) is 4.55. The van der Waals surface area contributed by atoms with Crippen molar-refractivity contribution in [2.75, 3.05) is 13.1 Å². The largest absolute Gasteiger partial charge is 0.317 e. The summed E-state index contributed by atoms with van der Waals surface area (Å²) in [4.78, 5) is 0. The van der Waals surface area contributed by atoms with Crippen molar-refractivity contribution in [2.24, 2.45) is 11.3 Å². The van der Waals surface area contributed by atoms with Crippen LogP contribution < -0.4 is 5.32 Å². The van der Waals surface area contributed by atoms with Crippen molar-refractivity contribution in [1.29, 1.82) is 0 Å². The third-order valence-corrected chi connectivity index (χ3v) is 3.88. The smallest absolute Gasteiger partial charge is 0.101 e. The summed E-state index contributed by atoms with van der Waals surface area (Å²) >= 11 is 0. The molecule has 0 aromatic heterocycles. The molecule has 1 N–H and O–H groups in total. The minimum Gasteiger partial charge on any atom is -0.317 e. The average Bonchev–Trinajstić information content (AvgIpc) is 2.29. The first-order valence-corrected chi connectivity index (χ1v) is 5.08. The van der Waals surface area contributed by atoms with Crippen LogP contribution in [-0.2, 0) is 0 Å². The van der Waals surface area contributed by atoms with Crippen molar-refractivity contribution in [1.82, 2.24) is 5.32 Å². The van der Waals surface area contributed by atoms with E-state index in [0.29, 0.717) is 11.3 Å². The monoisotopic (exact) mass is 171 g/mol. The fraction of sp³-hybridized carbons (Fsp3) is 1.00. The number of hydrogen-bond donors (Lipinski definition) is 1. The number of rotatable bonds is 0. The Labute approximate surface area is 73.7 Å². The Bertz CT molecular complexity index is 163. The minimum atomic E-state index is -0.516. The first-order chi connectivity index (χ1) is 5.73. The van der Waals surface area contributed by atoms with Gasteiger partial charge in [0, 0.05) is 0 Å². The van der Waals surface area contributed by atoms with Crippen LogP contribution in [0.2, 0.25) is 0 Å². The second-order valence-electron chi connectivity index (χ2n) is 4.55. The summed E-state index contributed by atoms with van der Waals surface area (Å²) in [5, 5.41) is 3.35. The van der Waals surface area contributed by atoms with Gasteiger partial charge in [-0.15, -0.1) is 0 Å². The summed E-state index contributed by atoms with van der Waals surface area (Å²) < 4.78 is 13.2. The molecule has 12 heavy (non-hydrogen) atoms. The fourth-order valence-corrected chi connectivity index (χ4v) is 2.98. The molecule has 1 saturated heterocycles. The maximum Gasteiger partial charge on any atom is 0.101 e. The molecule has 1 aliphatic carbocycles. The van der Waals surface area contributed by atoms with Crippen LogP contribution in [0.3, 0.4) is 0 Å². The Morgan fingerprint density at radius 2 is 2.00 bits per heavy atom. The van der Waals surface area contributed by atoms with Crippen LogP contribution in [0.5, 0.6) is 0 Å². The predicted octanol–water partition coefficient (Wildman–Crippen LogP) is 2.12. The molecule has 1 unspecified atom stereocenters. The highest BCUT2D eigenvalue weighted by Gasteiger charge is 2.45. The number of hydrogen-bond acceptors (Lipinski definition) is 1. The third kappa shape index (κ3) is 1.26. The Morgan fingerprint density at radius 1 is 1.33 bits per heavy atom. The van der Waals surface area contributed by atoms with Gasteiger partial charge in [0.25, 0.3) is 0 Å². The molecule has 2 aliphatic rings. The van der Waals surface area contributed by atoms with E-state index in [1.165, 1.54) is 12.8 Å². The van der Waals surface area contributed by atoms with E-state index in [9.17, 15) is 4.39 Å². The van der Waals surface area contributed by atoms with E-state index < -0.39 is 6.17 Å². The van der Waals surface area contributed by atoms with Gasteiger partial charge in [0.15, 0.2) is 0 Å². The molecule has 2 rings (SSSR count). The maximum absolute atomic E-state index is 13.2. The molecule has 1 saturated carbocycles. The predicted molar refractivity (Wildman–Crippen MR) is 47.8 cm³/mol. The summed E-state index contributed by atoms with van der Waals surface area (Å²) in [6, 6.07) is 0. The first kappa shape index (κ1) is 8.49. The van der Waals surface area contributed by atoms with E-state index in [-0.39, 0.29) is 0 Å². The lowest BCUT2D eigenvalue weighted by atomic mass is 9.72. The van der Waals surface area contributed by atoms with E-state index in [1.807, 2.05) is 0 Å². The summed E-state index contributed by atoms with van der Waals surface area (Å²) in [5.74, 6) is 0.606. The number of alkyl halides is 1. The molecule has 2 heteroatoms. The standard InChI is InChI=1S/C10H18FN/c1-8-6-9(11)7-10(8)2-4-12-5-3-10/h8-9,12H,2-7H2,1H3/t8?,9-/m1/s1. The molecule has 0 bridgehead atoms. The summed E-state index contributed by atoms with van der Waals surface area (Å²) in [5.41, 5.74) is 0.366. The zero-order valence-corrected chi connectivity index (χ0v) is 7.78. The molecule has 0 radical (unpaired) electrons. The lowest BCUT2D eigenvalue weighted by molar-refractivity contribution is 0.144. The van der Waals surface area contributed by atoms with Crippen LogP contribution in [0.25, 0.3) is 0 Å². The molecule has 2 fully saturated rings. The van der Waals surface area contributed by atoms with E-state index in [1.54, 1.807) is 0 Å². The first-order valence-electron chi connectivity index (χ1n) is 5.08. The molecule has 0 aromatic carbocycles. The van der Waals surface area contributed by atoms with Crippen molar-refractivity contribution in [2.45, 2.75) is 38.8 Å². The molecular formula is C10H18FN. The van der Waals surface area contributed by atoms with Gasteiger partial charge in [-0.25, -0.2) is 4.39 Å². The van der Waals surface area contributed by atoms with Gasteiger partial charge in [0.1, 0.15) is 6.17 Å². The second kappa shape index (κ2) is 2.99. The third-order valence-electron chi connectivity index (χ3n) is 3.88. The van der Waals surface area contributed by atoms with Crippen molar-refractivity contribution < 1.29 is 4.39 Å². The van der Waals surface area contributed by atoms with E-state index in [4.69, 9.17) is 0 Å². The van der Waals surface area contributed by atoms with Crippen LogP contribution in [0.15, 0.2) is 0 Å². The molecule has 0 aromatic rings. The van der Waals surface area contributed by atoms with Gasteiger partial charge in [-0.05, 0) is 50.1 Å². The number of nitrogens with one attached hydrogen (secondary N) is 1. The summed E-state index contributed by atoms with van der Waals surface area (Å²) in [6.45, 7) is 4.42. The highest BCUT2D eigenvalue weighted by atomic mass is 19.1. The minimum absolute atomic E-state index is 0.366. The zero-order valence-electron chi connectivity index (χ0n) is 7.78. The normalized spacial score (nSPS) is 40.5. The lowest BCUT2D eigenvalue weighted by Gasteiger charge is -2.37. The Hall–Kier alpha value is -0.110. The average molecular weight is 171 g/mol. The highest BCUT2D eigenvalue weighted by Crippen LogP contribution is 2.50. The van der Waals surface area contributed by atoms with Crippen molar-refractivity contribution in [3.8, 4) is 0 Å². The molecule has 1 heterocycles. The fourth-order valence-electron chi connectivity index (χ4n) is 2.98. The maximum atomic E-state index is 13.2. The molecular weight excluding hydrogens is 153 g/mol. The van der Waals surface area contributed by atoms with Gasteiger partial charge in [-0.2, -0.15) is 0 Å². The Morgan fingerprint density at radius 3 is 2.50 bits per heavy atom. The van der Waals surface area contributed by atoms with Crippen LogP contribution >= 0.6 is 0 Å². The van der Waals surface area contributed by atoms with Crippen LogP contribution in [0.4, 0.5) is 4.39 Å². The van der Waals surface area contributed by atoms with Crippen molar-refractivity contribution >= 4 is 0 Å². The molecule has 1 nitrogen and oxygen atoms in total. The van der Waals surface area contributed by atoms with Gasteiger partial charge >= 0.3 is 0 Å². The zero-order chi connectivity index (χ0) is 8.60. The molecule has 1 aliphatic heterocycles. The number of piperidine rings is 1. The van der Waals surface area contributed by atoms with Gasteiger partial charge in [0.05, 0.1) is 0 Å². The topological polar surface area (TPSA) is 12.0 Å². The highest BCUT2D eigenvalue weighted by molar-refractivity contribution is 4.96.